The number of carbonyl (C=O) groups is 2. The molecule has 1 aliphatic heterocycles. The summed E-state index contributed by atoms with van der Waals surface area (Å²) < 4.78 is 21.5. The summed E-state index contributed by atoms with van der Waals surface area (Å²) in [6, 6.07) is 9.99. The van der Waals surface area contributed by atoms with Crippen molar-refractivity contribution in [1.29, 1.82) is 0 Å². The van der Waals surface area contributed by atoms with E-state index < -0.39 is 11.6 Å². The average Bonchev–Trinajstić information content (AvgIpc) is 2.76. The van der Waals surface area contributed by atoms with Crippen molar-refractivity contribution in [1.82, 2.24) is 0 Å². The molecule has 2 aromatic carbocycles. The zero-order valence-electron chi connectivity index (χ0n) is 17.4. The second kappa shape index (κ2) is 8.63. The number of carbonyl (C=O) groups excluding carboxylic acids is 2. The molecule has 0 saturated heterocycles. The fourth-order valence-corrected chi connectivity index (χ4v) is 3.41. The summed E-state index contributed by atoms with van der Waals surface area (Å²) in [5.41, 5.74) is 3.02. The van der Waals surface area contributed by atoms with Gasteiger partial charge in [-0.15, -0.1) is 0 Å². The molecule has 4 rings (SSSR count). The summed E-state index contributed by atoms with van der Waals surface area (Å²) in [4.78, 5) is 36.5. The van der Waals surface area contributed by atoms with Gasteiger partial charge in [0.1, 0.15) is 25.4 Å². The molecule has 0 radical (unpaired) electrons. The second-order valence-corrected chi connectivity index (χ2v) is 7.47. The number of rotatable bonds is 6. The molecular weight excluding hydrogens is 400 g/mol. The van der Waals surface area contributed by atoms with Gasteiger partial charge in [-0.3, -0.25) is 9.59 Å². The van der Waals surface area contributed by atoms with E-state index in [0.717, 1.165) is 16.5 Å². The fourth-order valence-electron chi connectivity index (χ4n) is 3.41. The second-order valence-electron chi connectivity index (χ2n) is 7.47. The Morgan fingerprint density at radius 2 is 1.68 bits per heavy atom. The van der Waals surface area contributed by atoms with E-state index >= 15 is 0 Å². The normalized spacial score (nSPS) is 12.6. The summed E-state index contributed by atoms with van der Waals surface area (Å²) in [6.07, 6.45) is -0.0563. The van der Waals surface area contributed by atoms with Crippen molar-refractivity contribution in [2.24, 2.45) is 0 Å². The Morgan fingerprint density at radius 3 is 2.48 bits per heavy atom. The molecule has 0 amide bonds. The highest BCUT2D eigenvalue weighted by atomic mass is 16.6. The first-order valence-corrected chi connectivity index (χ1v) is 10.0. The zero-order chi connectivity index (χ0) is 22.0. The van der Waals surface area contributed by atoms with E-state index in [0.29, 0.717) is 41.4 Å². The van der Waals surface area contributed by atoms with Crippen LogP contribution in [0.4, 0.5) is 0 Å². The largest absolute Gasteiger partial charge is 0.486 e. The molecule has 3 aromatic rings. The molecule has 0 spiro atoms. The van der Waals surface area contributed by atoms with E-state index in [1.165, 1.54) is 6.07 Å². The monoisotopic (exact) mass is 422 g/mol. The maximum atomic E-state index is 12.4. The first kappa shape index (κ1) is 20.7. The molecule has 7 nitrogen and oxygen atoms in total. The number of Topliss-reactive ketones (excluding diaryl/α,β-unsaturated/α-hetero) is 1. The summed E-state index contributed by atoms with van der Waals surface area (Å²) in [6.45, 7) is 4.73. The molecule has 0 unspecified atom stereocenters. The summed E-state index contributed by atoms with van der Waals surface area (Å²) in [5, 5.41) is 0.725. The van der Waals surface area contributed by atoms with E-state index in [-0.39, 0.29) is 25.2 Å². The van der Waals surface area contributed by atoms with Gasteiger partial charge in [0.15, 0.2) is 17.3 Å². The number of benzene rings is 2. The fraction of sp³-hybridized carbons (Fsp3) is 0.292. The molecule has 0 fully saturated rings. The number of esters is 1. The lowest BCUT2D eigenvalue weighted by atomic mass is 10.0. The highest BCUT2D eigenvalue weighted by Gasteiger charge is 2.17. The molecule has 0 atom stereocenters. The Labute approximate surface area is 178 Å². The zero-order valence-corrected chi connectivity index (χ0v) is 17.4. The van der Waals surface area contributed by atoms with Crippen LogP contribution in [0.3, 0.4) is 0 Å². The number of ketones is 1. The SMILES string of the molecule is Cc1cc2oc(=O)cc(COC(=O)CCC(=O)c3ccc4c(c3)OCCO4)c2cc1C. The van der Waals surface area contributed by atoms with Gasteiger partial charge in [0.25, 0.3) is 0 Å². The minimum absolute atomic E-state index is 0.00839. The van der Waals surface area contributed by atoms with Crippen LogP contribution < -0.4 is 15.1 Å². The van der Waals surface area contributed by atoms with Crippen LogP contribution in [0.5, 0.6) is 11.5 Å². The van der Waals surface area contributed by atoms with Crippen LogP contribution in [0.1, 0.15) is 39.9 Å². The maximum absolute atomic E-state index is 12.4. The number of hydrogen-bond acceptors (Lipinski definition) is 7. The van der Waals surface area contributed by atoms with Gasteiger partial charge in [0, 0.05) is 29.0 Å². The molecule has 0 bridgehead atoms. The van der Waals surface area contributed by atoms with Crippen molar-refractivity contribution in [3.63, 3.8) is 0 Å². The molecule has 31 heavy (non-hydrogen) atoms. The third-order valence-corrected chi connectivity index (χ3v) is 5.25. The molecule has 2 heterocycles. The van der Waals surface area contributed by atoms with Crippen molar-refractivity contribution in [3.8, 4) is 11.5 Å². The Kier molecular flexibility index (Phi) is 5.75. The minimum atomic E-state index is -0.517. The molecule has 0 N–H and O–H groups in total. The lowest BCUT2D eigenvalue weighted by Gasteiger charge is -2.18. The van der Waals surface area contributed by atoms with Gasteiger partial charge in [-0.05, 0) is 55.3 Å². The first-order chi connectivity index (χ1) is 14.9. The smallest absolute Gasteiger partial charge is 0.336 e. The number of ether oxygens (including phenoxy) is 3. The van der Waals surface area contributed by atoms with Gasteiger partial charge in [0.05, 0.1) is 6.42 Å². The van der Waals surface area contributed by atoms with Gasteiger partial charge in [-0.2, -0.15) is 0 Å². The predicted octanol–water partition coefficient (Wildman–Crippen LogP) is 3.89. The Balaban J connectivity index is 1.38. The Morgan fingerprint density at radius 1 is 0.935 bits per heavy atom. The van der Waals surface area contributed by atoms with E-state index in [1.807, 2.05) is 19.9 Å². The third kappa shape index (κ3) is 4.60. The van der Waals surface area contributed by atoms with Crippen molar-refractivity contribution in [2.75, 3.05) is 13.2 Å². The van der Waals surface area contributed by atoms with Crippen LogP contribution in [0, 0.1) is 13.8 Å². The van der Waals surface area contributed by atoms with Crippen LogP contribution in [0.15, 0.2) is 45.6 Å². The highest BCUT2D eigenvalue weighted by molar-refractivity contribution is 5.98. The van der Waals surface area contributed by atoms with E-state index in [4.69, 9.17) is 18.6 Å². The molecule has 7 heteroatoms. The highest BCUT2D eigenvalue weighted by Crippen LogP contribution is 2.31. The van der Waals surface area contributed by atoms with Gasteiger partial charge in [-0.25, -0.2) is 4.79 Å². The molecule has 1 aromatic heterocycles. The number of hydrogen-bond donors (Lipinski definition) is 0. The topological polar surface area (TPSA) is 92.0 Å². The number of aryl methyl sites for hydroxylation is 2. The first-order valence-electron chi connectivity index (χ1n) is 10.0. The van der Waals surface area contributed by atoms with E-state index in [1.54, 1.807) is 24.3 Å². The van der Waals surface area contributed by atoms with Crippen LogP contribution in [-0.4, -0.2) is 25.0 Å². The molecule has 160 valence electrons. The summed E-state index contributed by atoms with van der Waals surface area (Å²) in [5.74, 6) is 0.425. The molecule has 1 aliphatic rings. The van der Waals surface area contributed by atoms with Crippen LogP contribution in [0.25, 0.3) is 11.0 Å². The lowest BCUT2D eigenvalue weighted by Crippen LogP contribution is -2.16. The van der Waals surface area contributed by atoms with Crippen molar-refractivity contribution >= 4 is 22.7 Å². The minimum Gasteiger partial charge on any atom is -0.486 e. The third-order valence-electron chi connectivity index (χ3n) is 5.25. The predicted molar refractivity (Wildman–Crippen MR) is 113 cm³/mol. The molecule has 0 aliphatic carbocycles. The van der Waals surface area contributed by atoms with Gasteiger partial charge < -0.3 is 18.6 Å². The average molecular weight is 422 g/mol. The van der Waals surface area contributed by atoms with E-state index in [2.05, 4.69) is 0 Å². The van der Waals surface area contributed by atoms with Crippen LogP contribution >= 0.6 is 0 Å². The standard InChI is InChI=1S/C24H22O7/c1-14-9-18-17(12-24(27)31-21(18)10-15(14)2)13-30-23(26)6-4-19(25)16-3-5-20-22(11-16)29-8-7-28-20/h3,5,9-12H,4,6-8,13H2,1-2H3. The summed E-state index contributed by atoms with van der Waals surface area (Å²) in [7, 11) is 0. The molecule has 0 saturated carbocycles. The Hall–Kier alpha value is -3.61. The maximum Gasteiger partial charge on any atom is 0.336 e. The summed E-state index contributed by atoms with van der Waals surface area (Å²) >= 11 is 0. The van der Waals surface area contributed by atoms with Gasteiger partial charge >= 0.3 is 11.6 Å². The van der Waals surface area contributed by atoms with Crippen LogP contribution in [0.2, 0.25) is 0 Å². The van der Waals surface area contributed by atoms with Gasteiger partial charge in [-0.1, -0.05) is 0 Å². The van der Waals surface area contributed by atoms with E-state index in [9.17, 15) is 14.4 Å². The quantitative estimate of drug-likeness (QED) is 0.338. The van der Waals surface area contributed by atoms with Crippen molar-refractivity contribution in [2.45, 2.75) is 33.3 Å². The number of fused-ring (bicyclic) bond motifs is 2. The van der Waals surface area contributed by atoms with Crippen LogP contribution in [-0.2, 0) is 16.1 Å². The van der Waals surface area contributed by atoms with Gasteiger partial charge in [0.2, 0.25) is 0 Å². The lowest BCUT2D eigenvalue weighted by molar-refractivity contribution is -0.144. The van der Waals surface area contributed by atoms with Crippen molar-refractivity contribution in [3.05, 3.63) is 69.1 Å². The molecular formula is C24H22O7. The van der Waals surface area contributed by atoms with Crippen molar-refractivity contribution < 1.29 is 28.2 Å². The Bertz CT molecular complexity index is 1220.